The Morgan fingerprint density at radius 1 is 1.23 bits per heavy atom. The van der Waals surface area contributed by atoms with Crippen molar-refractivity contribution in [2.24, 2.45) is 10.9 Å². The van der Waals surface area contributed by atoms with Gasteiger partial charge in [0.1, 0.15) is 5.92 Å². The van der Waals surface area contributed by atoms with Gasteiger partial charge in [-0.05, 0) is 51.4 Å². The fraction of sp³-hybridized carbons (Fsp3) is 0.542. The largest absolute Gasteiger partial charge is 0.468 e. The van der Waals surface area contributed by atoms with E-state index in [0.29, 0.717) is 0 Å². The molecule has 192 valence electrons. The molecule has 1 aromatic carbocycles. The lowest BCUT2D eigenvalue weighted by atomic mass is 9.75. The van der Waals surface area contributed by atoms with E-state index in [1.807, 2.05) is 0 Å². The summed E-state index contributed by atoms with van der Waals surface area (Å²) in [5, 5.41) is 2.63. The van der Waals surface area contributed by atoms with Gasteiger partial charge in [-0.2, -0.15) is 13.2 Å². The van der Waals surface area contributed by atoms with E-state index in [0.717, 1.165) is 39.1 Å². The molecule has 1 N–H and O–H groups in total. The highest BCUT2D eigenvalue weighted by atomic mass is 35.5. The summed E-state index contributed by atoms with van der Waals surface area (Å²) in [5.74, 6) is -3.95. The topological polar surface area (TPSA) is 86.2 Å². The number of hydrogen-bond donors (Lipinski definition) is 1. The Bertz CT molecular complexity index is 1020. The Morgan fingerprint density at radius 2 is 1.91 bits per heavy atom. The fourth-order valence-electron chi connectivity index (χ4n) is 4.43. The monoisotopic (exact) mass is 516 g/mol. The molecule has 2 heterocycles. The number of benzene rings is 1. The van der Waals surface area contributed by atoms with Gasteiger partial charge >= 0.3 is 18.1 Å². The number of esters is 2. The lowest BCUT2D eigenvalue weighted by molar-refractivity contribution is -0.144. The lowest BCUT2D eigenvalue weighted by Crippen LogP contribution is -2.38. The van der Waals surface area contributed by atoms with Crippen LogP contribution in [0.3, 0.4) is 0 Å². The van der Waals surface area contributed by atoms with Crippen LogP contribution in [0.2, 0.25) is 5.02 Å². The second-order valence-electron chi connectivity index (χ2n) is 8.28. The minimum Gasteiger partial charge on any atom is -0.468 e. The second kappa shape index (κ2) is 11.5. The molecule has 2 unspecified atom stereocenters. The molecular formula is C24H28ClF3N2O5. The summed E-state index contributed by atoms with van der Waals surface area (Å²) < 4.78 is 57.1. The van der Waals surface area contributed by atoms with Crippen molar-refractivity contribution in [2.45, 2.75) is 44.9 Å². The second-order valence-corrected chi connectivity index (χ2v) is 8.66. The summed E-state index contributed by atoms with van der Waals surface area (Å²) in [6, 6.07) is 3.40. The molecular weight excluding hydrogens is 489 g/mol. The van der Waals surface area contributed by atoms with E-state index >= 15 is 0 Å². The molecule has 0 aromatic heterocycles. The van der Waals surface area contributed by atoms with Crippen LogP contribution in [0.5, 0.6) is 0 Å². The van der Waals surface area contributed by atoms with Gasteiger partial charge in [-0.1, -0.05) is 23.7 Å². The summed E-state index contributed by atoms with van der Waals surface area (Å²) in [4.78, 5) is 30.4. The number of nitrogens with zero attached hydrogens (tertiary/aromatic N) is 1. The van der Waals surface area contributed by atoms with E-state index in [1.165, 1.54) is 12.1 Å². The number of ether oxygens (including phenoxy) is 3. The van der Waals surface area contributed by atoms with Gasteiger partial charge in [0.05, 0.1) is 48.3 Å². The number of methoxy groups -OCH3 is 1. The van der Waals surface area contributed by atoms with E-state index in [9.17, 15) is 22.8 Å². The number of carbonyl (C=O) groups is 2. The maximum atomic E-state index is 13.6. The minimum absolute atomic E-state index is 0.0133. The summed E-state index contributed by atoms with van der Waals surface area (Å²) in [6.45, 7) is 4.66. The van der Waals surface area contributed by atoms with Gasteiger partial charge in [-0.15, -0.1) is 0 Å². The molecule has 1 saturated heterocycles. The van der Waals surface area contributed by atoms with Crippen molar-refractivity contribution in [3.05, 3.63) is 45.6 Å². The molecule has 2 aliphatic rings. The third-order valence-corrected chi connectivity index (χ3v) is 6.50. The third kappa shape index (κ3) is 6.05. The average molecular weight is 517 g/mol. The van der Waals surface area contributed by atoms with Gasteiger partial charge < -0.3 is 19.5 Å². The predicted octanol–water partition coefficient (Wildman–Crippen LogP) is 4.29. The Labute approximate surface area is 206 Å². The molecule has 0 amide bonds. The number of halogens is 4. The highest BCUT2D eigenvalue weighted by molar-refractivity contribution is 6.32. The smallest absolute Gasteiger partial charge is 0.417 e. The molecule has 0 aliphatic carbocycles. The molecule has 0 bridgehead atoms. The zero-order valence-electron chi connectivity index (χ0n) is 19.7. The number of hydrogen-bond acceptors (Lipinski definition) is 7. The Morgan fingerprint density at radius 3 is 2.51 bits per heavy atom. The van der Waals surface area contributed by atoms with E-state index in [1.54, 1.807) is 13.8 Å². The molecule has 2 atom stereocenters. The van der Waals surface area contributed by atoms with Crippen LogP contribution in [0.4, 0.5) is 13.2 Å². The molecule has 3 rings (SSSR count). The molecule has 35 heavy (non-hydrogen) atoms. The SMILES string of the molecule is CCOC(=O)C1=C(COC2CCNCC2)N=C(C)C(C(=O)OC)C1c1cccc(C(F)(F)F)c1Cl. The normalized spacial score (nSPS) is 21.5. The number of aliphatic imine (C=N–C) groups is 1. The maximum absolute atomic E-state index is 13.6. The quantitative estimate of drug-likeness (QED) is 0.544. The number of carbonyl (C=O) groups excluding carboxylic acids is 2. The number of alkyl halides is 3. The van der Waals surface area contributed by atoms with Gasteiger partial charge in [0.15, 0.2) is 0 Å². The first-order chi connectivity index (χ1) is 16.6. The molecule has 1 fully saturated rings. The van der Waals surface area contributed by atoms with Gasteiger partial charge in [0.25, 0.3) is 0 Å². The van der Waals surface area contributed by atoms with Gasteiger partial charge in [0.2, 0.25) is 0 Å². The molecule has 0 saturated carbocycles. The van der Waals surface area contributed by atoms with Crippen LogP contribution < -0.4 is 5.32 Å². The van der Waals surface area contributed by atoms with Crippen LogP contribution >= 0.6 is 11.6 Å². The van der Waals surface area contributed by atoms with E-state index in [2.05, 4.69) is 10.3 Å². The van der Waals surface area contributed by atoms with Gasteiger partial charge in [-0.3, -0.25) is 9.79 Å². The number of piperidine rings is 1. The lowest BCUT2D eigenvalue weighted by Gasteiger charge is -2.33. The average Bonchev–Trinajstić information content (AvgIpc) is 2.82. The molecule has 2 aliphatic heterocycles. The standard InChI is InChI=1S/C24H28ClF3N2O5/c1-4-34-23(32)20-17(12-35-14-8-10-29-11-9-14)30-13(2)18(22(31)33-3)19(20)15-6-5-7-16(21(15)25)24(26,27)28/h5-7,14,18-19,29H,4,8-12H2,1-3H3. The van der Waals surface area contributed by atoms with Crippen molar-refractivity contribution in [3.8, 4) is 0 Å². The highest BCUT2D eigenvalue weighted by Crippen LogP contribution is 2.46. The maximum Gasteiger partial charge on any atom is 0.417 e. The molecule has 0 radical (unpaired) electrons. The highest BCUT2D eigenvalue weighted by Gasteiger charge is 2.45. The minimum atomic E-state index is -4.74. The van der Waals surface area contributed by atoms with Crippen molar-refractivity contribution in [1.82, 2.24) is 5.32 Å². The molecule has 11 heteroatoms. The summed E-state index contributed by atoms with van der Waals surface area (Å²) in [6.07, 6.45) is -3.28. The van der Waals surface area contributed by atoms with Gasteiger partial charge in [-0.25, -0.2) is 4.79 Å². The van der Waals surface area contributed by atoms with Crippen LogP contribution in [-0.2, 0) is 30.0 Å². The third-order valence-electron chi connectivity index (χ3n) is 6.08. The van der Waals surface area contributed by atoms with E-state index in [-0.39, 0.29) is 41.9 Å². The molecule has 0 spiro atoms. The van der Waals surface area contributed by atoms with Crippen molar-refractivity contribution in [1.29, 1.82) is 0 Å². The van der Waals surface area contributed by atoms with E-state index < -0.39 is 40.5 Å². The first-order valence-electron chi connectivity index (χ1n) is 11.3. The Balaban J connectivity index is 2.18. The van der Waals surface area contributed by atoms with Crippen LogP contribution in [0.15, 0.2) is 34.5 Å². The molecule has 1 aromatic rings. The Kier molecular flexibility index (Phi) is 8.95. The van der Waals surface area contributed by atoms with Crippen molar-refractivity contribution in [3.63, 3.8) is 0 Å². The summed E-state index contributed by atoms with van der Waals surface area (Å²) in [7, 11) is 1.16. The summed E-state index contributed by atoms with van der Waals surface area (Å²) in [5.41, 5.74) is -0.724. The van der Waals surface area contributed by atoms with Crippen LogP contribution in [0.1, 0.15) is 43.7 Å². The fourth-order valence-corrected chi connectivity index (χ4v) is 4.78. The van der Waals surface area contributed by atoms with Crippen LogP contribution in [0, 0.1) is 5.92 Å². The predicted molar refractivity (Wildman–Crippen MR) is 123 cm³/mol. The molecule has 7 nitrogen and oxygen atoms in total. The first-order valence-corrected chi connectivity index (χ1v) is 11.7. The zero-order chi connectivity index (χ0) is 25.8. The first kappa shape index (κ1) is 27.2. The van der Waals surface area contributed by atoms with Crippen molar-refractivity contribution >= 4 is 29.3 Å². The van der Waals surface area contributed by atoms with E-state index in [4.69, 9.17) is 25.8 Å². The van der Waals surface area contributed by atoms with Crippen molar-refractivity contribution < 1.29 is 37.0 Å². The van der Waals surface area contributed by atoms with Gasteiger partial charge in [0, 0.05) is 11.6 Å². The number of rotatable bonds is 7. The van der Waals surface area contributed by atoms with Crippen molar-refractivity contribution in [2.75, 3.05) is 33.4 Å². The summed E-state index contributed by atoms with van der Waals surface area (Å²) >= 11 is 6.26. The van der Waals surface area contributed by atoms with Crippen LogP contribution in [-0.4, -0.2) is 57.2 Å². The number of nitrogens with one attached hydrogen (secondary N) is 1. The Hall–Kier alpha value is -2.43. The van der Waals surface area contributed by atoms with Crippen LogP contribution in [0.25, 0.3) is 0 Å². The zero-order valence-corrected chi connectivity index (χ0v) is 20.5.